The van der Waals surface area contributed by atoms with Crippen LogP contribution in [0.15, 0.2) is 0 Å². The van der Waals surface area contributed by atoms with Crippen molar-refractivity contribution < 1.29 is 39.9 Å². The Balaban J connectivity index is 4.78. The van der Waals surface area contributed by atoms with Gasteiger partial charge in [-0.05, 0) is 13.8 Å². The molecule has 0 saturated heterocycles. The van der Waals surface area contributed by atoms with Gasteiger partial charge in [0.25, 0.3) is 0 Å². The Kier molecular flexibility index (Phi) is 6.22. The summed E-state index contributed by atoms with van der Waals surface area (Å²) in [5.41, 5.74) is 0. The first-order chi connectivity index (χ1) is 8.11. The van der Waals surface area contributed by atoms with Crippen LogP contribution in [0.1, 0.15) is 13.8 Å². The highest BCUT2D eigenvalue weighted by atomic mass is 16.4. The van der Waals surface area contributed by atoms with Crippen molar-refractivity contribution in [3.05, 3.63) is 0 Å². The predicted molar refractivity (Wildman–Crippen MR) is 56.4 cm³/mol. The summed E-state index contributed by atoms with van der Waals surface area (Å²) in [6, 6.07) is 0. The highest BCUT2D eigenvalue weighted by Gasteiger charge is 2.39. The van der Waals surface area contributed by atoms with Crippen molar-refractivity contribution in [3.63, 3.8) is 0 Å². The minimum absolute atomic E-state index is 0.881. The molecule has 0 rings (SSSR count). The topological polar surface area (TPSA) is 152 Å². The number of aliphatic hydroxyl groups excluding tert-OH is 5. The quantitative estimate of drug-likeness (QED) is 0.297. The van der Waals surface area contributed by atoms with E-state index in [-0.39, 0.29) is 0 Å². The fourth-order valence-corrected chi connectivity index (χ4v) is 1.14. The van der Waals surface area contributed by atoms with Crippen molar-refractivity contribution >= 4 is 17.3 Å². The van der Waals surface area contributed by atoms with E-state index in [2.05, 4.69) is 0 Å². The molecule has 0 bridgehead atoms. The number of carbonyl (C=O) groups is 3. The molecule has 0 aliphatic rings. The van der Waals surface area contributed by atoms with Crippen LogP contribution in [0.5, 0.6) is 0 Å². The minimum atomic E-state index is -2.30. The molecule has 8 nitrogen and oxygen atoms in total. The largest absolute Gasteiger partial charge is 0.387 e. The lowest BCUT2D eigenvalue weighted by Gasteiger charge is -2.25. The molecule has 0 heterocycles. The van der Waals surface area contributed by atoms with Gasteiger partial charge < -0.3 is 25.5 Å². The molecular formula is C10H16O8. The first-order valence-corrected chi connectivity index (χ1v) is 5.06. The molecule has 104 valence electrons. The lowest BCUT2D eigenvalue weighted by Crippen LogP contribution is -2.52. The van der Waals surface area contributed by atoms with Crippen LogP contribution in [-0.2, 0) is 14.4 Å². The van der Waals surface area contributed by atoms with E-state index in [9.17, 15) is 29.7 Å². The first kappa shape index (κ1) is 16.8. The van der Waals surface area contributed by atoms with Crippen LogP contribution >= 0.6 is 0 Å². The maximum atomic E-state index is 11.3. The number of rotatable bonds is 7. The van der Waals surface area contributed by atoms with Crippen LogP contribution in [0, 0.1) is 0 Å². The normalized spacial score (nSPS) is 19.5. The van der Waals surface area contributed by atoms with Crippen molar-refractivity contribution in [2.24, 2.45) is 0 Å². The SMILES string of the molecule is CC(=O)C(O)C(=O)[C@@H](O)[C@H](O)[C@H](O)C(O)C(C)=O. The van der Waals surface area contributed by atoms with E-state index in [1.54, 1.807) is 0 Å². The number of hydrogen-bond acceptors (Lipinski definition) is 8. The second kappa shape index (κ2) is 6.66. The molecule has 8 heteroatoms. The summed E-state index contributed by atoms with van der Waals surface area (Å²) in [7, 11) is 0. The molecule has 0 aromatic rings. The van der Waals surface area contributed by atoms with Gasteiger partial charge in [-0.3, -0.25) is 14.4 Å². The van der Waals surface area contributed by atoms with Crippen molar-refractivity contribution in [2.75, 3.05) is 0 Å². The molecule has 0 radical (unpaired) electrons. The molecule has 5 N–H and O–H groups in total. The molecule has 0 spiro atoms. The van der Waals surface area contributed by atoms with Crippen LogP contribution in [-0.4, -0.2) is 73.4 Å². The van der Waals surface area contributed by atoms with E-state index >= 15 is 0 Å². The summed E-state index contributed by atoms with van der Waals surface area (Å²) >= 11 is 0. The van der Waals surface area contributed by atoms with E-state index < -0.39 is 47.9 Å². The van der Waals surface area contributed by atoms with Gasteiger partial charge in [-0.15, -0.1) is 0 Å². The average Bonchev–Trinajstić information content (AvgIpc) is 2.32. The van der Waals surface area contributed by atoms with Crippen molar-refractivity contribution in [3.8, 4) is 0 Å². The smallest absolute Gasteiger partial charge is 0.199 e. The van der Waals surface area contributed by atoms with Crippen molar-refractivity contribution in [2.45, 2.75) is 44.4 Å². The average molecular weight is 264 g/mol. The molecule has 0 aliphatic heterocycles. The summed E-state index contributed by atoms with van der Waals surface area (Å²) in [6.07, 6.45) is -10.7. The van der Waals surface area contributed by atoms with Crippen LogP contribution in [0.4, 0.5) is 0 Å². The maximum absolute atomic E-state index is 11.3. The third-order valence-electron chi connectivity index (χ3n) is 2.36. The second-order valence-corrected chi connectivity index (χ2v) is 3.90. The Hall–Kier alpha value is -1.19. The van der Waals surface area contributed by atoms with E-state index in [0.29, 0.717) is 0 Å². The maximum Gasteiger partial charge on any atom is 0.199 e. The Morgan fingerprint density at radius 2 is 1.11 bits per heavy atom. The standard InChI is InChI=1S/C10H16O8/c1-3(11)5(13)7(15)9(17)10(18)8(16)6(14)4(2)12/h5-7,9-10,13-15,17-18H,1-2H3/t5?,6?,7-,9-,10-/m1/s1. The number of aliphatic hydroxyl groups is 5. The second-order valence-electron chi connectivity index (χ2n) is 3.90. The Bertz CT molecular complexity index is 339. The molecule has 0 aliphatic carbocycles. The number of carbonyl (C=O) groups excluding carboxylic acids is 3. The van der Waals surface area contributed by atoms with E-state index in [1.165, 1.54) is 0 Å². The van der Waals surface area contributed by atoms with Crippen LogP contribution in [0.2, 0.25) is 0 Å². The summed E-state index contributed by atoms with van der Waals surface area (Å²) in [5.74, 6) is -3.26. The lowest BCUT2D eigenvalue weighted by molar-refractivity contribution is -0.159. The molecule has 0 aromatic heterocycles. The molecular weight excluding hydrogens is 248 g/mol. The van der Waals surface area contributed by atoms with Gasteiger partial charge in [0.1, 0.15) is 24.4 Å². The van der Waals surface area contributed by atoms with Gasteiger partial charge in [0.05, 0.1) is 0 Å². The zero-order valence-electron chi connectivity index (χ0n) is 9.85. The first-order valence-electron chi connectivity index (χ1n) is 5.06. The summed E-state index contributed by atoms with van der Waals surface area (Å²) in [6.45, 7) is 1.82. The summed E-state index contributed by atoms with van der Waals surface area (Å²) < 4.78 is 0. The van der Waals surface area contributed by atoms with Crippen molar-refractivity contribution in [1.82, 2.24) is 0 Å². The van der Waals surface area contributed by atoms with Gasteiger partial charge in [-0.25, -0.2) is 0 Å². The van der Waals surface area contributed by atoms with Gasteiger partial charge in [0.15, 0.2) is 23.5 Å². The third-order valence-corrected chi connectivity index (χ3v) is 2.36. The highest BCUT2D eigenvalue weighted by Crippen LogP contribution is 2.09. The molecule has 18 heavy (non-hydrogen) atoms. The van der Waals surface area contributed by atoms with Gasteiger partial charge in [0.2, 0.25) is 0 Å². The van der Waals surface area contributed by atoms with Crippen LogP contribution < -0.4 is 0 Å². The van der Waals surface area contributed by atoms with E-state index in [4.69, 9.17) is 10.2 Å². The van der Waals surface area contributed by atoms with Gasteiger partial charge >= 0.3 is 0 Å². The molecule has 5 atom stereocenters. The zero-order valence-corrected chi connectivity index (χ0v) is 9.85. The Morgan fingerprint density at radius 1 is 0.722 bits per heavy atom. The number of Topliss-reactive ketones (excluding diaryl/α,β-unsaturated/α-hetero) is 3. The Labute approximate surface area is 102 Å². The fraction of sp³-hybridized carbons (Fsp3) is 0.700. The monoisotopic (exact) mass is 264 g/mol. The van der Waals surface area contributed by atoms with Gasteiger partial charge in [0, 0.05) is 0 Å². The van der Waals surface area contributed by atoms with Crippen LogP contribution in [0.25, 0.3) is 0 Å². The molecule has 0 fully saturated rings. The predicted octanol–water partition coefficient (Wildman–Crippen LogP) is -3.46. The number of ketones is 3. The van der Waals surface area contributed by atoms with E-state index in [1.807, 2.05) is 0 Å². The van der Waals surface area contributed by atoms with Gasteiger partial charge in [-0.2, -0.15) is 0 Å². The highest BCUT2D eigenvalue weighted by molar-refractivity contribution is 6.06. The molecule has 0 aromatic carbocycles. The molecule has 0 saturated carbocycles. The lowest BCUT2D eigenvalue weighted by atomic mass is 9.95. The molecule has 0 amide bonds. The molecule has 2 unspecified atom stereocenters. The summed E-state index contributed by atoms with van der Waals surface area (Å²) in [4.78, 5) is 32.7. The zero-order chi connectivity index (χ0) is 14.6. The fourth-order valence-electron chi connectivity index (χ4n) is 1.14. The van der Waals surface area contributed by atoms with Gasteiger partial charge in [-0.1, -0.05) is 0 Å². The van der Waals surface area contributed by atoms with Crippen LogP contribution in [0.3, 0.4) is 0 Å². The third kappa shape index (κ3) is 3.93. The van der Waals surface area contributed by atoms with E-state index in [0.717, 1.165) is 13.8 Å². The minimum Gasteiger partial charge on any atom is -0.387 e. The van der Waals surface area contributed by atoms with Crippen molar-refractivity contribution in [1.29, 1.82) is 0 Å². The number of hydrogen-bond donors (Lipinski definition) is 5. The Morgan fingerprint density at radius 3 is 1.44 bits per heavy atom. The summed E-state index contributed by atoms with van der Waals surface area (Å²) in [5, 5.41) is 46.2.